The third kappa shape index (κ3) is 4.82. The minimum absolute atomic E-state index is 0.108. The van der Waals surface area contributed by atoms with Gasteiger partial charge in [0.25, 0.3) is 0 Å². The van der Waals surface area contributed by atoms with E-state index in [0.717, 1.165) is 12.8 Å². The van der Waals surface area contributed by atoms with Gasteiger partial charge in [-0.3, -0.25) is 4.79 Å². The zero-order valence-electron chi connectivity index (χ0n) is 7.94. The van der Waals surface area contributed by atoms with E-state index in [1.165, 1.54) is 0 Å². The van der Waals surface area contributed by atoms with E-state index in [4.69, 9.17) is 4.74 Å². The Labute approximate surface area is 68.9 Å². The average Bonchev–Trinajstić information content (AvgIpc) is 1.86. The molecular formula is C9H18O2. The molecule has 0 bridgehead atoms. The van der Waals surface area contributed by atoms with Crippen molar-refractivity contribution in [1.82, 2.24) is 0 Å². The van der Waals surface area contributed by atoms with Gasteiger partial charge < -0.3 is 4.74 Å². The number of hydrogen-bond acceptors (Lipinski definition) is 2. The Kier molecular flexibility index (Phi) is 4.16. The van der Waals surface area contributed by atoms with Crippen LogP contribution in [0.5, 0.6) is 0 Å². The molecule has 2 heteroatoms. The predicted molar refractivity (Wildman–Crippen MR) is 45.4 cm³/mol. The molecule has 0 fully saturated rings. The van der Waals surface area contributed by atoms with E-state index in [9.17, 15) is 4.79 Å². The van der Waals surface area contributed by atoms with Crippen LogP contribution in [0.3, 0.4) is 0 Å². The molecule has 0 aliphatic carbocycles. The van der Waals surface area contributed by atoms with Crippen LogP contribution in [0.4, 0.5) is 0 Å². The maximum Gasteiger partial charge on any atom is 0.306 e. The topological polar surface area (TPSA) is 26.3 Å². The van der Waals surface area contributed by atoms with Crippen LogP contribution in [-0.4, -0.2) is 11.6 Å². The van der Waals surface area contributed by atoms with Crippen molar-refractivity contribution >= 4 is 5.97 Å². The highest BCUT2D eigenvalue weighted by atomic mass is 16.6. The summed E-state index contributed by atoms with van der Waals surface area (Å²) >= 11 is 0. The Morgan fingerprint density at radius 2 is 1.91 bits per heavy atom. The fraction of sp³-hybridized carbons (Fsp3) is 0.889. The van der Waals surface area contributed by atoms with E-state index in [1.807, 2.05) is 20.8 Å². The molecule has 0 rings (SSSR count). The molecule has 0 amide bonds. The molecular weight excluding hydrogens is 140 g/mol. The zero-order valence-corrected chi connectivity index (χ0v) is 7.94. The second-order valence-corrected chi connectivity index (χ2v) is 3.34. The molecule has 0 aliphatic heterocycles. The summed E-state index contributed by atoms with van der Waals surface area (Å²) in [7, 11) is 0. The lowest BCUT2D eigenvalue weighted by Gasteiger charge is -2.24. The predicted octanol–water partition coefficient (Wildman–Crippen LogP) is 2.52. The first kappa shape index (κ1) is 10.5. The van der Waals surface area contributed by atoms with Crippen molar-refractivity contribution in [2.24, 2.45) is 0 Å². The van der Waals surface area contributed by atoms with Gasteiger partial charge in [-0.05, 0) is 20.3 Å². The molecule has 11 heavy (non-hydrogen) atoms. The molecule has 0 aromatic carbocycles. The van der Waals surface area contributed by atoms with Crippen LogP contribution < -0.4 is 0 Å². The number of carbonyl (C=O) groups is 1. The van der Waals surface area contributed by atoms with Crippen molar-refractivity contribution < 1.29 is 9.53 Å². The molecule has 0 spiro atoms. The van der Waals surface area contributed by atoms with Gasteiger partial charge in [-0.15, -0.1) is 0 Å². The van der Waals surface area contributed by atoms with Gasteiger partial charge in [0.1, 0.15) is 5.60 Å². The van der Waals surface area contributed by atoms with Gasteiger partial charge in [0.2, 0.25) is 0 Å². The van der Waals surface area contributed by atoms with E-state index in [2.05, 4.69) is 6.92 Å². The Morgan fingerprint density at radius 3 is 2.27 bits per heavy atom. The highest BCUT2D eigenvalue weighted by Gasteiger charge is 2.20. The first-order chi connectivity index (χ1) is 5.02. The molecule has 0 saturated heterocycles. The number of carbonyl (C=O) groups excluding carboxylic acids is 1. The number of esters is 1. The molecule has 0 aromatic heterocycles. The van der Waals surface area contributed by atoms with Crippen molar-refractivity contribution in [2.75, 3.05) is 0 Å². The van der Waals surface area contributed by atoms with Gasteiger partial charge in [0.05, 0.1) is 0 Å². The third-order valence-corrected chi connectivity index (χ3v) is 1.53. The largest absolute Gasteiger partial charge is 0.460 e. The molecule has 0 unspecified atom stereocenters. The second-order valence-electron chi connectivity index (χ2n) is 3.34. The fourth-order valence-electron chi connectivity index (χ4n) is 1.03. The lowest BCUT2D eigenvalue weighted by Crippen LogP contribution is -2.27. The highest BCUT2D eigenvalue weighted by molar-refractivity contribution is 5.69. The minimum Gasteiger partial charge on any atom is -0.460 e. The van der Waals surface area contributed by atoms with Crippen LogP contribution in [0, 0.1) is 0 Å². The Morgan fingerprint density at radius 1 is 1.36 bits per heavy atom. The maximum atomic E-state index is 10.9. The van der Waals surface area contributed by atoms with Gasteiger partial charge in [-0.2, -0.15) is 0 Å². The smallest absolute Gasteiger partial charge is 0.306 e. The SMILES string of the molecule is CCCC(C)(C)OC(=O)CC. The van der Waals surface area contributed by atoms with Crippen molar-refractivity contribution in [3.63, 3.8) is 0 Å². The van der Waals surface area contributed by atoms with E-state index in [1.54, 1.807) is 0 Å². The lowest BCUT2D eigenvalue weighted by molar-refractivity contribution is -0.156. The quantitative estimate of drug-likeness (QED) is 0.588. The Bertz CT molecular complexity index is 128. The summed E-state index contributed by atoms with van der Waals surface area (Å²) in [6.07, 6.45) is 2.44. The number of hydrogen-bond donors (Lipinski definition) is 0. The average molecular weight is 158 g/mol. The molecule has 0 aromatic rings. The standard InChI is InChI=1S/C9H18O2/c1-5-7-9(3,4)11-8(10)6-2/h5-7H2,1-4H3. The summed E-state index contributed by atoms with van der Waals surface area (Å²) in [5.74, 6) is -0.108. The van der Waals surface area contributed by atoms with Crippen molar-refractivity contribution in [3.05, 3.63) is 0 Å². The van der Waals surface area contributed by atoms with Gasteiger partial charge in [-0.25, -0.2) is 0 Å². The maximum absolute atomic E-state index is 10.9. The molecule has 0 radical (unpaired) electrons. The Hall–Kier alpha value is -0.530. The summed E-state index contributed by atoms with van der Waals surface area (Å²) in [5, 5.41) is 0. The first-order valence-corrected chi connectivity index (χ1v) is 4.23. The molecule has 0 N–H and O–H groups in total. The summed E-state index contributed by atoms with van der Waals surface area (Å²) in [4.78, 5) is 10.9. The van der Waals surface area contributed by atoms with Crippen LogP contribution >= 0.6 is 0 Å². The van der Waals surface area contributed by atoms with Crippen LogP contribution in [-0.2, 0) is 9.53 Å². The first-order valence-electron chi connectivity index (χ1n) is 4.23. The van der Waals surface area contributed by atoms with Crippen LogP contribution in [0.2, 0.25) is 0 Å². The molecule has 0 heterocycles. The lowest BCUT2D eigenvalue weighted by atomic mass is 10.0. The van der Waals surface area contributed by atoms with Gasteiger partial charge in [0, 0.05) is 6.42 Å². The summed E-state index contributed by atoms with van der Waals surface area (Å²) in [5.41, 5.74) is -0.276. The molecule has 0 aliphatic rings. The second kappa shape index (κ2) is 4.37. The normalized spacial score (nSPS) is 11.3. The van der Waals surface area contributed by atoms with Crippen LogP contribution in [0.1, 0.15) is 47.0 Å². The highest BCUT2D eigenvalue weighted by Crippen LogP contribution is 2.16. The van der Waals surface area contributed by atoms with Gasteiger partial charge in [0.15, 0.2) is 0 Å². The molecule has 0 atom stereocenters. The van der Waals surface area contributed by atoms with E-state index < -0.39 is 0 Å². The van der Waals surface area contributed by atoms with Gasteiger partial charge in [-0.1, -0.05) is 20.3 Å². The van der Waals surface area contributed by atoms with Crippen molar-refractivity contribution in [2.45, 2.75) is 52.6 Å². The van der Waals surface area contributed by atoms with Gasteiger partial charge >= 0.3 is 5.97 Å². The molecule has 0 saturated carbocycles. The number of rotatable bonds is 4. The number of ether oxygens (including phenoxy) is 1. The summed E-state index contributed by atoms with van der Waals surface area (Å²) in [6.45, 7) is 7.79. The summed E-state index contributed by atoms with van der Waals surface area (Å²) in [6, 6.07) is 0. The van der Waals surface area contributed by atoms with Crippen LogP contribution in [0.25, 0.3) is 0 Å². The van der Waals surface area contributed by atoms with E-state index >= 15 is 0 Å². The fourth-order valence-corrected chi connectivity index (χ4v) is 1.03. The monoisotopic (exact) mass is 158 g/mol. The third-order valence-electron chi connectivity index (χ3n) is 1.53. The molecule has 2 nitrogen and oxygen atoms in total. The van der Waals surface area contributed by atoms with E-state index in [0.29, 0.717) is 6.42 Å². The van der Waals surface area contributed by atoms with E-state index in [-0.39, 0.29) is 11.6 Å². The molecule has 66 valence electrons. The van der Waals surface area contributed by atoms with Crippen molar-refractivity contribution in [1.29, 1.82) is 0 Å². The van der Waals surface area contributed by atoms with Crippen molar-refractivity contribution in [3.8, 4) is 0 Å². The minimum atomic E-state index is -0.276. The van der Waals surface area contributed by atoms with Crippen LogP contribution in [0.15, 0.2) is 0 Å². The Balaban J connectivity index is 3.80. The summed E-state index contributed by atoms with van der Waals surface area (Å²) < 4.78 is 5.19. The zero-order chi connectivity index (χ0) is 8.91.